The van der Waals surface area contributed by atoms with E-state index < -0.39 is 0 Å². The zero-order valence-corrected chi connectivity index (χ0v) is 10.9. The molecule has 4 heteroatoms. The van der Waals surface area contributed by atoms with Gasteiger partial charge in [0.2, 0.25) is 0 Å². The Morgan fingerprint density at radius 2 is 2.00 bits per heavy atom. The molecule has 2 rings (SSSR count). The second-order valence-electron chi connectivity index (χ2n) is 4.09. The zero-order chi connectivity index (χ0) is 11.5. The summed E-state index contributed by atoms with van der Waals surface area (Å²) in [6, 6.07) is 3.85. The topological polar surface area (TPSA) is 15.3 Å². The first-order chi connectivity index (χ1) is 7.72. The predicted octanol–water partition coefficient (Wildman–Crippen LogP) is 4.37. The molecule has 0 aliphatic carbocycles. The molecule has 2 nitrogen and oxygen atoms in total. The lowest BCUT2D eigenvalue weighted by Crippen LogP contribution is -2.23. The molecule has 0 spiro atoms. The van der Waals surface area contributed by atoms with Crippen molar-refractivity contribution in [2.75, 3.05) is 23.4 Å². The van der Waals surface area contributed by atoms with Crippen molar-refractivity contribution in [3.63, 3.8) is 0 Å². The number of hydrogen-bond acceptors (Lipinski definition) is 2. The molecule has 0 radical (unpaired) electrons. The van der Waals surface area contributed by atoms with E-state index in [0.717, 1.165) is 18.9 Å². The minimum atomic E-state index is 0.614. The van der Waals surface area contributed by atoms with Crippen LogP contribution in [-0.4, -0.2) is 13.2 Å². The molecular weight excluding hydrogens is 243 g/mol. The molecule has 1 aliphatic rings. The van der Waals surface area contributed by atoms with Crippen LogP contribution in [0, 0.1) is 0 Å². The highest BCUT2D eigenvalue weighted by Crippen LogP contribution is 2.38. The highest BCUT2D eigenvalue weighted by atomic mass is 35.5. The summed E-state index contributed by atoms with van der Waals surface area (Å²) in [7, 11) is 0. The first-order valence-electron chi connectivity index (χ1n) is 5.70. The number of benzene rings is 1. The summed E-state index contributed by atoms with van der Waals surface area (Å²) in [5, 5.41) is 4.57. The fourth-order valence-electron chi connectivity index (χ4n) is 1.96. The number of nitrogens with one attached hydrogen (secondary N) is 1. The van der Waals surface area contributed by atoms with Crippen molar-refractivity contribution in [3.8, 4) is 0 Å². The van der Waals surface area contributed by atoms with Gasteiger partial charge in [0, 0.05) is 6.54 Å². The second kappa shape index (κ2) is 5.15. The Morgan fingerprint density at radius 3 is 2.75 bits per heavy atom. The lowest BCUT2D eigenvalue weighted by Gasteiger charge is -2.17. The zero-order valence-electron chi connectivity index (χ0n) is 9.39. The third-order valence-electron chi connectivity index (χ3n) is 2.87. The van der Waals surface area contributed by atoms with Crippen LogP contribution in [0.15, 0.2) is 12.1 Å². The van der Waals surface area contributed by atoms with Crippen molar-refractivity contribution >= 4 is 34.6 Å². The summed E-state index contributed by atoms with van der Waals surface area (Å²) in [5.74, 6) is 0. The smallest absolute Gasteiger partial charge is 0.0877 e. The summed E-state index contributed by atoms with van der Waals surface area (Å²) in [5.41, 5.74) is 2.26. The quantitative estimate of drug-likeness (QED) is 0.807. The summed E-state index contributed by atoms with van der Waals surface area (Å²) >= 11 is 12.0. The Morgan fingerprint density at radius 1 is 1.25 bits per heavy atom. The van der Waals surface area contributed by atoms with E-state index in [0.29, 0.717) is 10.0 Å². The minimum absolute atomic E-state index is 0.614. The van der Waals surface area contributed by atoms with E-state index in [-0.39, 0.29) is 0 Å². The van der Waals surface area contributed by atoms with Crippen LogP contribution in [0.1, 0.15) is 26.2 Å². The van der Waals surface area contributed by atoms with Gasteiger partial charge in [-0.3, -0.25) is 0 Å². The standard InChI is InChI=1S/C12H16Cl2N2/c1-2-3-4-5-16-8-15-11-6-9(13)10(14)7-12(11)16/h6-7,15H,2-5,8H2,1H3. The monoisotopic (exact) mass is 258 g/mol. The first-order valence-corrected chi connectivity index (χ1v) is 6.46. The van der Waals surface area contributed by atoms with Crippen LogP contribution in [0.5, 0.6) is 0 Å². The maximum atomic E-state index is 6.03. The van der Waals surface area contributed by atoms with Gasteiger partial charge in [-0.25, -0.2) is 0 Å². The maximum absolute atomic E-state index is 6.03. The van der Waals surface area contributed by atoms with Crippen LogP contribution >= 0.6 is 23.2 Å². The van der Waals surface area contributed by atoms with E-state index in [1.165, 1.54) is 24.9 Å². The van der Waals surface area contributed by atoms with E-state index in [2.05, 4.69) is 17.1 Å². The Balaban J connectivity index is 2.10. The van der Waals surface area contributed by atoms with Gasteiger partial charge in [-0.2, -0.15) is 0 Å². The molecule has 1 aromatic carbocycles. The van der Waals surface area contributed by atoms with Crippen LogP contribution in [0.4, 0.5) is 11.4 Å². The molecule has 16 heavy (non-hydrogen) atoms. The number of fused-ring (bicyclic) bond motifs is 1. The minimum Gasteiger partial charge on any atom is -0.366 e. The van der Waals surface area contributed by atoms with Crippen molar-refractivity contribution in [1.82, 2.24) is 0 Å². The molecule has 0 saturated carbocycles. The average Bonchev–Trinajstić information content (AvgIpc) is 2.63. The molecule has 0 saturated heterocycles. The Hall–Kier alpha value is -0.600. The van der Waals surface area contributed by atoms with Crippen molar-refractivity contribution in [2.45, 2.75) is 26.2 Å². The highest BCUT2D eigenvalue weighted by Gasteiger charge is 2.19. The van der Waals surface area contributed by atoms with Gasteiger partial charge in [0.25, 0.3) is 0 Å². The van der Waals surface area contributed by atoms with E-state index in [9.17, 15) is 0 Å². The lowest BCUT2D eigenvalue weighted by atomic mass is 10.2. The van der Waals surface area contributed by atoms with Gasteiger partial charge in [0.05, 0.1) is 28.1 Å². The van der Waals surface area contributed by atoms with Crippen LogP contribution in [0.2, 0.25) is 10.0 Å². The SMILES string of the molecule is CCCCCN1CNc2cc(Cl)c(Cl)cc21. The molecule has 88 valence electrons. The molecule has 1 aliphatic heterocycles. The second-order valence-corrected chi connectivity index (χ2v) is 4.90. The number of hydrogen-bond donors (Lipinski definition) is 1. The molecule has 0 atom stereocenters. The number of anilines is 2. The van der Waals surface area contributed by atoms with Gasteiger partial charge >= 0.3 is 0 Å². The third kappa shape index (κ3) is 2.38. The Bertz CT molecular complexity index is 380. The molecule has 0 unspecified atom stereocenters. The molecule has 0 aromatic heterocycles. The lowest BCUT2D eigenvalue weighted by molar-refractivity contribution is 0.695. The van der Waals surface area contributed by atoms with Gasteiger partial charge in [-0.1, -0.05) is 43.0 Å². The summed E-state index contributed by atoms with van der Waals surface area (Å²) in [6.07, 6.45) is 3.74. The van der Waals surface area contributed by atoms with Crippen molar-refractivity contribution in [1.29, 1.82) is 0 Å². The number of unbranched alkanes of at least 4 members (excludes halogenated alkanes) is 2. The predicted molar refractivity (Wildman–Crippen MR) is 71.8 cm³/mol. The van der Waals surface area contributed by atoms with E-state index in [4.69, 9.17) is 23.2 Å². The van der Waals surface area contributed by atoms with E-state index >= 15 is 0 Å². The fraction of sp³-hybridized carbons (Fsp3) is 0.500. The van der Waals surface area contributed by atoms with Gasteiger partial charge in [0.1, 0.15) is 0 Å². The van der Waals surface area contributed by atoms with Gasteiger partial charge in [-0.05, 0) is 18.6 Å². The number of halogens is 2. The molecule has 1 N–H and O–H groups in total. The van der Waals surface area contributed by atoms with Crippen molar-refractivity contribution in [2.24, 2.45) is 0 Å². The fourth-order valence-corrected chi connectivity index (χ4v) is 2.28. The highest BCUT2D eigenvalue weighted by molar-refractivity contribution is 6.42. The van der Waals surface area contributed by atoms with Crippen molar-refractivity contribution in [3.05, 3.63) is 22.2 Å². The molecule has 0 fully saturated rings. The maximum Gasteiger partial charge on any atom is 0.0877 e. The third-order valence-corrected chi connectivity index (χ3v) is 3.59. The summed E-state index contributed by atoms with van der Waals surface area (Å²) in [4.78, 5) is 2.31. The molecule has 1 aromatic rings. The van der Waals surface area contributed by atoms with E-state index in [1.807, 2.05) is 12.1 Å². The van der Waals surface area contributed by atoms with Crippen LogP contribution in [-0.2, 0) is 0 Å². The number of rotatable bonds is 4. The van der Waals surface area contributed by atoms with Crippen LogP contribution in [0.25, 0.3) is 0 Å². The molecule has 0 amide bonds. The number of nitrogens with zero attached hydrogens (tertiary/aromatic N) is 1. The largest absolute Gasteiger partial charge is 0.366 e. The molecular formula is C12H16Cl2N2. The summed E-state index contributed by atoms with van der Waals surface area (Å²) < 4.78 is 0. The Kier molecular flexibility index (Phi) is 3.82. The first kappa shape index (κ1) is 11.9. The van der Waals surface area contributed by atoms with Crippen LogP contribution < -0.4 is 10.2 Å². The normalized spacial score (nSPS) is 13.8. The Labute approximate surface area is 107 Å². The van der Waals surface area contributed by atoms with Crippen molar-refractivity contribution < 1.29 is 0 Å². The average molecular weight is 259 g/mol. The van der Waals surface area contributed by atoms with E-state index in [1.54, 1.807) is 0 Å². The summed E-state index contributed by atoms with van der Waals surface area (Å²) in [6.45, 7) is 4.15. The molecule has 1 heterocycles. The van der Waals surface area contributed by atoms with Gasteiger partial charge < -0.3 is 10.2 Å². The van der Waals surface area contributed by atoms with Gasteiger partial charge in [0.15, 0.2) is 0 Å². The molecule has 0 bridgehead atoms. The van der Waals surface area contributed by atoms with Gasteiger partial charge in [-0.15, -0.1) is 0 Å². The van der Waals surface area contributed by atoms with Crippen LogP contribution in [0.3, 0.4) is 0 Å².